The molecule has 0 radical (unpaired) electrons. The first kappa shape index (κ1) is 11.5. The van der Waals surface area contributed by atoms with E-state index < -0.39 is 0 Å². The first-order valence-electron chi connectivity index (χ1n) is 4.32. The molecule has 2 heterocycles. The number of anilines is 3. The molecule has 2 aromatic heterocycles. The van der Waals surface area contributed by atoms with Gasteiger partial charge in [-0.15, -0.1) is 0 Å². The van der Waals surface area contributed by atoms with Crippen LogP contribution < -0.4 is 16.6 Å². The minimum Gasteiger partial charge on any atom is -0.338 e. The lowest BCUT2D eigenvalue weighted by atomic mass is 10.4. The molecule has 4 nitrogen and oxygen atoms in total. The van der Waals surface area contributed by atoms with Gasteiger partial charge in [-0.25, -0.2) is 10.8 Å². The van der Waals surface area contributed by atoms with Crippen molar-refractivity contribution in [2.45, 2.75) is 0 Å². The predicted molar refractivity (Wildman–Crippen MR) is 69.7 cm³/mol. The highest BCUT2D eigenvalue weighted by Crippen LogP contribution is 2.30. The quantitative estimate of drug-likeness (QED) is 0.592. The highest BCUT2D eigenvalue weighted by Gasteiger charge is 2.08. The molecule has 0 saturated heterocycles. The van der Waals surface area contributed by atoms with Crippen molar-refractivity contribution in [1.82, 2.24) is 4.98 Å². The molecule has 0 aliphatic rings. The second-order valence-corrected chi connectivity index (χ2v) is 4.53. The first-order valence-corrected chi connectivity index (χ1v) is 6.02. The van der Waals surface area contributed by atoms with Gasteiger partial charge in [0, 0.05) is 5.38 Å². The van der Waals surface area contributed by atoms with Crippen LogP contribution >= 0.6 is 34.5 Å². The van der Waals surface area contributed by atoms with Crippen molar-refractivity contribution in [2.24, 2.45) is 5.84 Å². The van der Waals surface area contributed by atoms with E-state index in [0.29, 0.717) is 21.7 Å². The number of hydrogen-bond acceptors (Lipinski definition) is 5. The second-order valence-electron chi connectivity index (χ2n) is 2.93. The van der Waals surface area contributed by atoms with Gasteiger partial charge in [-0.05, 0) is 17.5 Å². The average Bonchev–Trinajstić information content (AvgIpc) is 2.75. The summed E-state index contributed by atoms with van der Waals surface area (Å²) in [4.78, 5) is 4.16. The largest absolute Gasteiger partial charge is 0.338 e. The number of aromatic nitrogens is 1. The van der Waals surface area contributed by atoms with E-state index in [9.17, 15) is 0 Å². The van der Waals surface area contributed by atoms with Gasteiger partial charge in [0.15, 0.2) is 11.6 Å². The highest BCUT2D eigenvalue weighted by atomic mass is 35.5. The summed E-state index contributed by atoms with van der Waals surface area (Å²) in [5.41, 5.74) is 3.32. The molecule has 0 fully saturated rings. The number of nitrogens with zero attached hydrogens (tertiary/aromatic N) is 1. The Bertz CT molecular complexity index is 487. The fraction of sp³-hybridized carbons (Fsp3) is 0. The molecule has 0 unspecified atom stereocenters. The number of rotatable bonds is 3. The Balaban J connectivity index is 2.33. The summed E-state index contributed by atoms with van der Waals surface area (Å²) in [5, 5.41) is 7.78. The van der Waals surface area contributed by atoms with Crippen LogP contribution in [-0.2, 0) is 0 Å². The van der Waals surface area contributed by atoms with E-state index in [2.05, 4.69) is 15.7 Å². The first-order chi connectivity index (χ1) is 7.70. The average molecular weight is 275 g/mol. The molecule has 0 aliphatic heterocycles. The molecule has 0 atom stereocenters. The number of nitrogens with two attached hydrogens (primary N) is 1. The monoisotopic (exact) mass is 274 g/mol. The van der Waals surface area contributed by atoms with Crippen LogP contribution in [0.15, 0.2) is 22.9 Å². The molecule has 0 spiro atoms. The lowest BCUT2D eigenvalue weighted by molar-refractivity contribution is 1.23. The maximum Gasteiger partial charge on any atom is 0.161 e. The van der Waals surface area contributed by atoms with Gasteiger partial charge in [0.25, 0.3) is 0 Å². The Hall–Kier alpha value is -1.01. The summed E-state index contributed by atoms with van der Waals surface area (Å²) in [7, 11) is 0. The zero-order valence-corrected chi connectivity index (χ0v) is 10.3. The Labute approximate surface area is 106 Å². The van der Waals surface area contributed by atoms with Crippen LogP contribution in [0.1, 0.15) is 0 Å². The van der Waals surface area contributed by atoms with Crippen molar-refractivity contribution in [3.05, 3.63) is 32.9 Å². The summed E-state index contributed by atoms with van der Waals surface area (Å²) < 4.78 is 0. The number of hydrogen-bond donors (Lipinski definition) is 3. The third kappa shape index (κ3) is 2.38. The van der Waals surface area contributed by atoms with Crippen LogP contribution in [0.4, 0.5) is 17.3 Å². The molecule has 84 valence electrons. The van der Waals surface area contributed by atoms with Crippen molar-refractivity contribution in [2.75, 3.05) is 10.7 Å². The van der Waals surface area contributed by atoms with E-state index in [0.717, 1.165) is 5.69 Å². The summed E-state index contributed by atoms with van der Waals surface area (Å²) in [5.74, 6) is 6.17. The maximum absolute atomic E-state index is 6.00. The zero-order chi connectivity index (χ0) is 11.5. The van der Waals surface area contributed by atoms with Crippen LogP contribution in [0.25, 0.3) is 0 Å². The molecular weight excluding hydrogens is 267 g/mol. The Kier molecular flexibility index (Phi) is 3.50. The lowest BCUT2D eigenvalue weighted by Gasteiger charge is -2.09. The standard InChI is InChI=1S/C9H8Cl2N4S/c10-6-3-7(11)9(15-12)14-8(6)13-5-1-2-16-4-5/h1-4H,12H2,(H2,13,14,15). The number of halogens is 2. The van der Waals surface area contributed by atoms with Gasteiger partial charge in [-0.3, -0.25) is 0 Å². The lowest BCUT2D eigenvalue weighted by Crippen LogP contribution is -2.10. The number of pyridine rings is 1. The molecule has 4 N–H and O–H groups in total. The smallest absolute Gasteiger partial charge is 0.161 e. The van der Waals surface area contributed by atoms with Crippen molar-refractivity contribution < 1.29 is 0 Å². The van der Waals surface area contributed by atoms with Gasteiger partial charge >= 0.3 is 0 Å². The van der Waals surface area contributed by atoms with Crippen molar-refractivity contribution in [3.63, 3.8) is 0 Å². The third-order valence-electron chi connectivity index (χ3n) is 1.85. The third-order valence-corrected chi connectivity index (χ3v) is 3.11. The van der Waals surface area contributed by atoms with Crippen LogP contribution in [0, 0.1) is 0 Å². The molecule has 2 aromatic rings. The Morgan fingerprint density at radius 1 is 1.25 bits per heavy atom. The summed E-state index contributed by atoms with van der Waals surface area (Å²) in [6.07, 6.45) is 0. The van der Waals surface area contributed by atoms with Crippen molar-refractivity contribution in [3.8, 4) is 0 Å². The molecule has 7 heteroatoms. The number of nitrogen functional groups attached to an aromatic ring is 1. The molecule has 0 aliphatic carbocycles. The van der Waals surface area contributed by atoms with Gasteiger partial charge in [-0.2, -0.15) is 11.3 Å². The minimum absolute atomic E-state index is 0.378. The SMILES string of the molecule is NNc1nc(Nc2ccsc2)c(Cl)cc1Cl. The van der Waals surface area contributed by atoms with Gasteiger partial charge in [0.05, 0.1) is 15.7 Å². The molecule has 2 rings (SSSR count). The van der Waals surface area contributed by atoms with Crippen LogP contribution in [0.3, 0.4) is 0 Å². The number of hydrazine groups is 1. The molecule has 0 amide bonds. The topological polar surface area (TPSA) is 63.0 Å². The van der Waals surface area contributed by atoms with Crippen LogP contribution in [0.5, 0.6) is 0 Å². The summed E-state index contributed by atoms with van der Waals surface area (Å²) in [6, 6.07) is 3.51. The number of thiophene rings is 1. The molecule has 16 heavy (non-hydrogen) atoms. The summed E-state index contributed by atoms with van der Waals surface area (Å²) >= 11 is 13.4. The molecule has 0 bridgehead atoms. The van der Waals surface area contributed by atoms with Gasteiger partial charge < -0.3 is 10.7 Å². The predicted octanol–water partition coefficient (Wildman–Crippen LogP) is 3.48. The Morgan fingerprint density at radius 3 is 2.62 bits per heavy atom. The normalized spacial score (nSPS) is 10.2. The number of nitrogens with one attached hydrogen (secondary N) is 2. The van der Waals surface area contributed by atoms with Crippen LogP contribution in [0.2, 0.25) is 10.0 Å². The van der Waals surface area contributed by atoms with Crippen molar-refractivity contribution in [1.29, 1.82) is 0 Å². The fourth-order valence-corrected chi connectivity index (χ4v) is 2.18. The van der Waals surface area contributed by atoms with Crippen molar-refractivity contribution >= 4 is 51.9 Å². The fourth-order valence-electron chi connectivity index (χ4n) is 1.13. The van der Waals surface area contributed by atoms with E-state index in [1.165, 1.54) is 0 Å². The summed E-state index contributed by atoms with van der Waals surface area (Å²) in [6.45, 7) is 0. The second kappa shape index (κ2) is 4.88. The van der Waals surface area contributed by atoms with E-state index in [4.69, 9.17) is 29.0 Å². The van der Waals surface area contributed by atoms with E-state index in [1.54, 1.807) is 17.4 Å². The zero-order valence-electron chi connectivity index (χ0n) is 8.00. The molecular formula is C9H8Cl2N4S. The van der Waals surface area contributed by atoms with E-state index >= 15 is 0 Å². The minimum atomic E-state index is 0.378. The molecule has 0 aromatic carbocycles. The van der Waals surface area contributed by atoms with Gasteiger partial charge in [0.2, 0.25) is 0 Å². The maximum atomic E-state index is 6.00. The van der Waals surface area contributed by atoms with Gasteiger partial charge in [0.1, 0.15) is 0 Å². The van der Waals surface area contributed by atoms with E-state index in [-0.39, 0.29) is 0 Å². The van der Waals surface area contributed by atoms with Gasteiger partial charge in [-0.1, -0.05) is 23.2 Å². The Morgan fingerprint density at radius 2 is 2.00 bits per heavy atom. The van der Waals surface area contributed by atoms with E-state index in [1.807, 2.05) is 16.8 Å². The van der Waals surface area contributed by atoms with Crippen LogP contribution in [-0.4, -0.2) is 4.98 Å². The highest BCUT2D eigenvalue weighted by molar-refractivity contribution is 7.08. The molecule has 0 saturated carbocycles.